The number of likely N-dealkylation sites (tertiary alicyclic amines) is 1. The molecule has 0 unspecified atom stereocenters. The number of halogens is 3. The van der Waals surface area contributed by atoms with Crippen LogP contribution in [0.5, 0.6) is 0 Å². The zero-order valence-corrected chi connectivity index (χ0v) is 11.2. The highest BCUT2D eigenvalue weighted by molar-refractivity contribution is 6.28. The van der Waals surface area contributed by atoms with Crippen molar-refractivity contribution in [2.75, 3.05) is 19.6 Å². The van der Waals surface area contributed by atoms with Crippen molar-refractivity contribution in [1.82, 2.24) is 20.2 Å². The highest BCUT2D eigenvalue weighted by Crippen LogP contribution is 2.19. The van der Waals surface area contributed by atoms with Crippen molar-refractivity contribution >= 4 is 19.5 Å². The van der Waals surface area contributed by atoms with Crippen LogP contribution in [0.1, 0.15) is 23.2 Å². The molecular formula is C12H14BF3N4O. The predicted octanol–water partition coefficient (Wildman–Crippen LogP) is 0.0269. The van der Waals surface area contributed by atoms with E-state index in [2.05, 4.69) is 15.3 Å². The Bertz CT molecular complexity index is 486. The van der Waals surface area contributed by atoms with E-state index < -0.39 is 12.7 Å². The van der Waals surface area contributed by atoms with Crippen LogP contribution in [0.2, 0.25) is 0 Å². The third kappa shape index (κ3) is 5.00. The third-order valence-electron chi connectivity index (χ3n) is 3.26. The number of aromatic nitrogens is 2. The number of hydrogen-bond donors (Lipinski definition) is 1. The normalized spacial score (nSPS) is 17.7. The van der Waals surface area contributed by atoms with Crippen LogP contribution in [-0.4, -0.2) is 60.5 Å². The first-order chi connectivity index (χ1) is 9.83. The molecule has 5 nitrogen and oxygen atoms in total. The Morgan fingerprint density at radius 1 is 1.33 bits per heavy atom. The van der Waals surface area contributed by atoms with E-state index in [4.69, 9.17) is 7.85 Å². The van der Waals surface area contributed by atoms with Crippen LogP contribution in [0.3, 0.4) is 0 Å². The molecule has 2 radical (unpaired) electrons. The first kappa shape index (κ1) is 15.7. The summed E-state index contributed by atoms with van der Waals surface area (Å²) in [5.41, 5.74) is 0.355. The van der Waals surface area contributed by atoms with E-state index in [1.54, 1.807) is 0 Å². The Balaban J connectivity index is 1.80. The van der Waals surface area contributed by atoms with Crippen LogP contribution >= 0.6 is 0 Å². The lowest BCUT2D eigenvalue weighted by molar-refractivity contribution is -0.148. The molecule has 112 valence electrons. The highest BCUT2D eigenvalue weighted by atomic mass is 19.4. The maximum atomic E-state index is 12.3. The number of carbonyl (C=O) groups is 1. The predicted molar refractivity (Wildman–Crippen MR) is 70.4 cm³/mol. The lowest BCUT2D eigenvalue weighted by Gasteiger charge is -2.32. The molecule has 1 amide bonds. The average Bonchev–Trinajstić information content (AvgIpc) is 2.40. The summed E-state index contributed by atoms with van der Waals surface area (Å²) < 4.78 is 36.8. The molecule has 9 heteroatoms. The van der Waals surface area contributed by atoms with E-state index in [-0.39, 0.29) is 23.2 Å². The molecule has 21 heavy (non-hydrogen) atoms. The Morgan fingerprint density at radius 3 is 2.43 bits per heavy atom. The number of alkyl halides is 3. The van der Waals surface area contributed by atoms with Gasteiger partial charge in [0, 0.05) is 31.5 Å². The van der Waals surface area contributed by atoms with Crippen molar-refractivity contribution in [3.05, 3.63) is 18.0 Å². The van der Waals surface area contributed by atoms with Crippen LogP contribution in [-0.2, 0) is 0 Å². The molecule has 0 spiro atoms. The molecule has 0 aromatic carbocycles. The standard InChI is InChI=1S/C12H14BF3N4O/c13-11-17-5-8(6-18-11)10(21)19-9-1-3-20(4-2-9)7-12(14,15)16/h5-6,9H,1-4,7H2,(H,19,21). The van der Waals surface area contributed by atoms with Gasteiger partial charge in [-0.15, -0.1) is 0 Å². The van der Waals surface area contributed by atoms with Gasteiger partial charge in [-0.05, 0) is 12.8 Å². The lowest BCUT2D eigenvalue weighted by Crippen LogP contribution is -2.47. The second-order valence-corrected chi connectivity index (χ2v) is 4.97. The van der Waals surface area contributed by atoms with Gasteiger partial charge in [0.25, 0.3) is 5.91 Å². The van der Waals surface area contributed by atoms with Crippen molar-refractivity contribution in [1.29, 1.82) is 0 Å². The molecule has 0 atom stereocenters. The minimum atomic E-state index is -4.18. The molecule has 2 rings (SSSR count). The third-order valence-corrected chi connectivity index (χ3v) is 3.26. The van der Waals surface area contributed by atoms with Crippen LogP contribution in [0.15, 0.2) is 12.4 Å². The van der Waals surface area contributed by atoms with E-state index in [1.807, 2.05) is 0 Å². The highest BCUT2D eigenvalue weighted by Gasteiger charge is 2.32. The summed E-state index contributed by atoms with van der Waals surface area (Å²) in [4.78, 5) is 20.7. The minimum Gasteiger partial charge on any atom is -0.349 e. The van der Waals surface area contributed by atoms with E-state index >= 15 is 0 Å². The van der Waals surface area contributed by atoms with Gasteiger partial charge < -0.3 is 5.32 Å². The van der Waals surface area contributed by atoms with E-state index in [0.29, 0.717) is 25.9 Å². The van der Waals surface area contributed by atoms with Gasteiger partial charge in [-0.3, -0.25) is 19.7 Å². The molecule has 0 saturated carbocycles. The van der Waals surface area contributed by atoms with Crippen LogP contribution in [0, 0.1) is 0 Å². The summed E-state index contributed by atoms with van der Waals surface area (Å²) in [5, 5.41) is 2.77. The van der Waals surface area contributed by atoms with Crippen molar-refractivity contribution in [3.63, 3.8) is 0 Å². The van der Waals surface area contributed by atoms with Crippen molar-refractivity contribution in [2.45, 2.75) is 25.1 Å². The summed E-state index contributed by atoms with van der Waals surface area (Å²) in [6.45, 7) is -0.287. The second kappa shape index (κ2) is 6.42. The van der Waals surface area contributed by atoms with Crippen LogP contribution in [0.4, 0.5) is 13.2 Å². The SMILES string of the molecule is [B]c1ncc(C(=O)NC2CCN(CC(F)(F)F)CC2)cn1. The van der Waals surface area contributed by atoms with Gasteiger partial charge in [-0.2, -0.15) is 13.2 Å². The molecule has 1 aromatic rings. The maximum absolute atomic E-state index is 12.3. The Morgan fingerprint density at radius 2 is 1.90 bits per heavy atom. The fraction of sp³-hybridized carbons (Fsp3) is 0.583. The topological polar surface area (TPSA) is 58.1 Å². The van der Waals surface area contributed by atoms with Gasteiger partial charge in [-0.25, -0.2) is 0 Å². The zero-order chi connectivity index (χ0) is 15.5. The molecule has 2 heterocycles. The molecule has 0 aliphatic carbocycles. The number of amides is 1. The molecule has 1 saturated heterocycles. The van der Waals surface area contributed by atoms with Gasteiger partial charge in [-0.1, -0.05) is 0 Å². The number of rotatable bonds is 3. The minimum absolute atomic E-state index is 0.0759. The molecule has 1 aliphatic heterocycles. The molecular weight excluding hydrogens is 284 g/mol. The number of carbonyl (C=O) groups excluding carboxylic acids is 1. The monoisotopic (exact) mass is 298 g/mol. The quantitative estimate of drug-likeness (QED) is 0.800. The summed E-state index contributed by atoms with van der Waals surface area (Å²) in [6, 6.07) is -0.139. The second-order valence-electron chi connectivity index (χ2n) is 4.97. The summed E-state index contributed by atoms with van der Waals surface area (Å²) in [7, 11) is 5.33. The Kier molecular flexibility index (Phi) is 4.82. The van der Waals surface area contributed by atoms with Crippen molar-refractivity contribution < 1.29 is 18.0 Å². The summed E-state index contributed by atoms with van der Waals surface area (Å²) in [5.74, 6) is -0.343. The van der Waals surface area contributed by atoms with Gasteiger partial charge in [0.05, 0.1) is 17.8 Å². The maximum Gasteiger partial charge on any atom is 0.401 e. The first-order valence-electron chi connectivity index (χ1n) is 6.51. The van der Waals surface area contributed by atoms with Crippen LogP contribution < -0.4 is 11.0 Å². The number of nitrogens with zero attached hydrogens (tertiary/aromatic N) is 3. The number of nitrogens with one attached hydrogen (secondary N) is 1. The smallest absolute Gasteiger partial charge is 0.349 e. The molecule has 1 aromatic heterocycles. The van der Waals surface area contributed by atoms with Gasteiger partial charge in [0.15, 0.2) is 7.85 Å². The van der Waals surface area contributed by atoms with Gasteiger partial charge in [0.1, 0.15) is 0 Å². The number of hydrogen-bond acceptors (Lipinski definition) is 4. The van der Waals surface area contributed by atoms with Gasteiger partial charge >= 0.3 is 6.18 Å². The molecule has 1 fully saturated rings. The molecule has 0 bridgehead atoms. The number of piperidine rings is 1. The lowest BCUT2D eigenvalue weighted by atomic mass is 10.0. The Labute approximate surface area is 121 Å². The van der Waals surface area contributed by atoms with E-state index in [0.717, 1.165) is 0 Å². The van der Waals surface area contributed by atoms with Gasteiger partial charge in [0.2, 0.25) is 0 Å². The Hall–Kier alpha value is -1.64. The van der Waals surface area contributed by atoms with Crippen molar-refractivity contribution in [2.24, 2.45) is 0 Å². The van der Waals surface area contributed by atoms with E-state index in [1.165, 1.54) is 17.3 Å². The molecule has 1 N–H and O–H groups in total. The van der Waals surface area contributed by atoms with Crippen LogP contribution in [0.25, 0.3) is 0 Å². The first-order valence-corrected chi connectivity index (χ1v) is 6.51. The molecule has 1 aliphatic rings. The largest absolute Gasteiger partial charge is 0.401 e. The summed E-state index contributed by atoms with van der Waals surface area (Å²) >= 11 is 0. The fourth-order valence-corrected chi connectivity index (χ4v) is 2.21. The summed E-state index contributed by atoms with van der Waals surface area (Å²) in [6.07, 6.45) is -0.584. The fourth-order valence-electron chi connectivity index (χ4n) is 2.21. The van der Waals surface area contributed by atoms with Crippen molar-refractivity contribution in [3.8, 4) is 0 Å². The average molecular weight is 298 g/mol. The zero-order valence-electron chi connectivity index (χ0n) is 11.2. The van der Waals surface area contributed by atoms with E-state index in [9.17, 15) is 18.0 Å².